The smallest absolute Gasteiger partial charge is 0.147 e. The van der Waals surface area contributed by atoms with Gasteiger partial charge in [0, 0.05) is 25.0 Å². The number of nitrogens with zero attached hydrogens (tertiary/aromatic N) is 2. The second-order valence-electron chi connectivity index (χ2n) is 4.66. The number of nitrogens with two attached hydrogens (primary N) is 1. The van der Waals surface area contributed by atoms with Crippen LogP contribution in [0.4, 0.5) is 11.5 Å². The second kappa shape index (κ2) is 4.91. The van der Waals surface area contributed by atoms with E-state index in [4.69, 9.17) is 28.9 Å². The van der Waals surface area contributed by atoms with E-state index in [-0.39, 0.29) is 0 Å². The quantitative estimate of drug-likeness (QED) is 0.818. The van der Waals surface area contributed by atoms with Crippen molar-refractivity contribution in [2.45, 2.75) is 13.0 Å². The molecule has 0 saturated carbocycles. The summed E-state index contributed by atoms with van der Waals surface area (Å²) in [5, 5.41) is 1.13. The Balaban J connectivity index is 1.93. The lowest BCUT2D eigenvalue weighted by Gasteiger charge is -2.30. The van der Waals surface area contributed by atoms with Gasteiger partial charge >= 0.3 is 0 Å². The fourth-order valence-electron chi connectivity index (χ4n) is 2.40. The second-order valence-corrected chi connectivity index (χ2v) is 5.50. The van der Waals surface area contributed by atoms with Gasteiger partial charge in [-0.05, 0) is 35.7 Å². The predicted molar refractivity (Wildman–Crippen MR) is 79.9 cm³/mol. The summed E-state index contributed by atoms with van der Waals surface area (Å²) < 4.78 is 0. The van der Waals surface area contributed by atoms with Crippen molar-refractivity contribution in [2.75, 3.05) is 17.2 Å². The molecule has 19 heavy (non-hydrogen) atoms. The number of aromatic nitrogens is 1. The standard InChI is InChI=1S/C14H13Cl2N3/c15-11-6-13(16)14(18-7-11)19-4-3-9-1-2-12(17)5-10(9)8-19/h1-2,5-7H,3-4,8,17H2. The van der Waals surface area contributed by atoms with Crippen molar-refractivity contribution in [3.8, 4) is 0 Å². The van der Waals surface area contributed by atoms with Gasteiger partial charge in [-0.2, -0.15) is 0 Å². The molecule has 1 aliphatic heterocycles. The van der Waals surface area contributed by atoms with Gasteiger partial charge in [-0.1, -0.05) is 29.3 Å². The van der Waals surface area contributed by atoms with E-state index in [9.17, 15) is 0 Å². The first-order valence-corrected chi connectivity index (χ1v) is 6.82. The van der Waals surface area contributed by atoms with E-state index in [1.807, 2.05) is 12.1 Å². The average Bonchev–Trinajstić information content (AvgIpc) is 2.38. The van der Waals surface area contributed by atoms with E-state index in [1.165, 1.54) is 11.1 Å². The van der Waals surface area contributed by atoms with E-state index in [1.54, 1.807) is 12.3 Å². The molecule has 0 spiro atoms. The number of fused-ring (bicyclic) bond motifs is 1. The van der Waals surface area contributed by atoms with Gasteiger partial charge in [-0.15, -0.1) is 0 Å². The van der Waals surface area contributed by atoms with Crippen LogP contribution in [0.2, 0.25) is 10.0 Å². The van der Waals surface area contributed by atoms with Gasteiger partial charge < -0.3 is 10.6 Å². The van der Waals surface area contributed by atoms with Crippen LogP contribution in [0.15, 0.2) is 30.5 Å². The lowest BCUT2D eigenvalue weighted by atomic mass is 9.99. The monoisotopic (exact) mass is 293 g/mol. The molecule has 0 fully saturated rings. The molecule has 1 aromatic heterocycles. The Morgan fingerprint density at radius 1 is 1.16 bits per heavy atom. The van der Waals surface area contributed by atoms with Gasteiger partial charge in [0.05, 0.1) is 10.0 Å². The molecule has 0 radical (unpaired) electrons. The van der Waals surface area contributed by atoms with E-state index in [2.05, 4.69) is 16.0 Å². The lowest BCUT2D eigenvalue weighted by molar-refractivity contribution is 0.721. The van der Waals surface area contributed by atoms with Crippen LogP contribution in [-0.4, -0.2) is 11.5 Å². The Hall–Kier alpha value is -1.45. The average molecular weight is 294 g/mol. The SMILES string of the molecule is Nc1ccc2c(c1)CN(c1ncc(Cl)cc1Cl)CC2. The van der Waals surface area contributed by atoms with E-state index >= 15 is 0 Å². The van der Waals surface area contributed by atoms with Gasteiger partial charge in [0.15, 0.2) is 0 Å². The third-order valence-corrected chi connectivity index (χ3v) is 3.82. The molecule has 0 saturated heterocycles. The van der Waals surface area contributed by atoms with Crippen molar-refractivity contribution in [3.63, 3.8) is 0 Å². The van der Waals surface area contributed by atoms with Gasteiger partial charge in [0.1, 0.15) is 5.82 Å². The van der Waals surface area contributed by atoms with Crippen molar-refractivity contribution in [3.05, 3.63) is 51.6 Å². The number of anilines is 2. The molecule has 2 aromatic rings. The van der Waals surface area contributed by atoms with Gasteiger partial charge in [-0.3, -0.25) is 0 Å². The topological polar surface area (TPSA) is 42.1 Å². The summed E-state index contributed by atoms with van der Waals surface area (Å²) in [6.07, 6.45) is 2.59. The Morgan fingerprint density at radius 3 is 2.79 bits per heavy atom. The number of rotatable bonds is 1. The first-order valence-electron chi connectivity index (χ1n) is 6.07. The van der Waals surface area contributed by atoms with Gasteiger partial charge in [-0.25, -0.2) is 4.98 Å². The molecule has 98 valence electrons. The zero-order valence-electron chi connectivity index (χ0n) is 10.2. The molecule has 2 N–H and O–H groups in total. The highest BCUT2D eigenvalue weighted by Gasteiger charge is 2.19. The highest BCUT2D eigenvalue weighted by atomic mass is 35.5. The number of pyridine rings is 1. The maximum absolute atomic E-state index is 6.21. The molecule has 3 nitrogen and oxygen atoms in total. The van der Waals surface area contributed by atoms with Crippen molar-refractivity contribution >= 4 is 34.7 Å². The number of benzene rings is 1. The fourth-order valence-corrected chi connectivity index (χ4v) is 2.90. The molecule has 1 aromatic carbocycles. The minimum absolute atomic E-state index is 0.551. The van der Waals surface area contributed by atoms with E-state index in [0.717, 1.165) is 31.0 Å². The summed E-state index contributed by atoms with van der Waals surface area (Å²) in [4.78, 5) is 6.48. The molecular weight excluding hydrogens is 281 g/mol. The van der Waals surface area contributed by atoms with Crippen LogP contribution in [0.1, 0.15) is 11.1 Å². The molecule has 0 atom stereocenters. The largest absolute Gasteiger partial charge is 0.399 e. The Labute approximate surface area is 122 Å². The zero-order chi connectivity index (χ0) is 13.4. The number of nitrogen functional groups attached to an aromatic ring is 1. The summed E-state index contributed by atoms with van der Waals surface area (Å²) in [6, 6.07) is 7.78. The molecule has 0 bridgehead atoms. The van der Waals surface area contributed by atoms with Crippen LogP contribution in [0.5, 0.6) is 0 Å². The van der Waals surface area contributed by atoms with Crippen LogP contribution in [-0.2, 0) is 13.0 Å². The third-order valence-electron chi connectivity index (χ3n) is 3.33. The number of halogens is 2. The summed E-state index contributed by atoms with van der Waals surface area (Å²) in [6.45, 7) is 1.67. The molecule has 0 aliphatic carbocycles. The zero-order valence-corrected chi connectivity index (χ0v) is 11.7. The summed E-state index contributed by atoms with van der Waals surface area (Å²) in [7, 11) is 0. The molecule has 0 amide bonds. The van der Waals surface area contributed by atoms with Crippen LogP contribution in [0, 0.1) is 0 Å². The summed E-state index contributed by atoms with van der Waals surface area (Å²) in [5.74, 6) is 0.777. The van der Waals surface area contributed by atoms with Crippen molar-refractivity contribution in [1.29, 1.82) is 0 Å². The van der Waals surface area contributed by atoms with Gasteiger partial charge in [0.25, 0.3) is 0 Å². The van der Waals surface area contributed by atoms with Gasteiger partial charge in [0.2, 0.25) is 0 Å². The maximum atomic E-state index is 6.21. The Morgan fingerprint density at radius 2 is 2.00 bits per heavy atom. The van der Waals surface area contributed by atoms with Crippen LogP contribution in [0.25, 0.3) is 0 Å². The molecular formula is C14H13Cl2N3. The molecule has 1 aliphatic rings. The number of hydrogen-bond acceptors (Lipinski definition) is 3. The Kier molecular flexibility index (Phi) is 3.25. The third kappa shape index (κ3) is 2.48. The fraction of sp³-hybridized carbons (Fsp3) is 0.214. The van der Waals surface area contributed by atoms with Crippen LogP contribution >= 0.6 is 23.2 Å². The minimum atomic E-state index is 0.551. The maximum Gasteiger partial charge on any atom is 0.147 e. The first kappa shape index (κ1) is 12.6. The van der Waals surface area contributed by atoms with Crippen LogP contribution in [0.3, 0.4) is 0 Å². The van der Waals surface area contributed by atoms with Crippen molar-refractivity contribution < 1.29 is 0 Å². The summed E-state index contributed by atoms with van der Waals surface area (Å²) >= 11 is 12.1. The predicted octanol–water partition coefficient (Wildman–Crippen LogP) is 3.53. The molecule has 2 heterocycles. The molecule has 0 unspecified atom stereocenters. The Bertz CT molecular complexity index is 628. The van der Waals surface area contributed by atoms with E-state index < -0.39 is 0 Å². The lowest BCUT2D eigenvalue weighted by Crippen LogP contribution is -2.31. The van der Waals surface area contributed by atoms with E-state index in [0.29, 0.717) is 10.0 Å². The first-order chi connectivity index (χ1) is 9.13. The van der Waals surface area contributed by atoms with Crippen molar-refractivity contribution in [2.24, 2.45) is 0 Å². The summed E-state index contributed by atoms with van der Waals surface area (Å²) in [5.41, 5.74) is 9.20. The highest BCUT2D eigenvalue weighted by Crippen LogP contribution is 2.30. The minimum Gasteiger partial charge on any atom is -0.399 e. The molecule has 5 heteroatoms. The van der Waals surface area contributed by atoms with Crippen LogP contribution < -0.4 is 10.6 Å². The number of hydrogen-bond donors (Lipinski definition) is 1. The normalized spacial score (nSPS) is 14.3. The van der Waals surface area contributed by atoms with Crippen molar-refractivity contribution in [1.82, 2.24) is 4.98 Å². The highest BCUT2D eigenvalue weighted by molar-refractivity contribution is 6.36. The molecule has 3 rings (SSSR count).